The molecule has 3 N–H and O–H groups in total. The van der Waals surface area contributed by atoms with Crippen LogP contribution in [-0.2, 0) is 14.3 Å². The second-order valence-corrected chi connectivity index (χ2v) is 5.28. The minimum absolute atomic E-state index is 0.0754. The van der Waals surface area contributed by atoms with Crippen molar-refractivity contribution in [3.63, 3.8) is 0 Å². The number of aliphatic hydroxyl groups is 2. The number of thiophene rings is 1. The molecule has 1 aromatic rings. The van der Waals surface area contributed by atoms with E-state index in [-0.39, 0.29) is 35.0 Å². The lowest BCUT2D eigenvalue weighted by atomic mass is 10.1. The van der Waals surface area contributed by atoms with Crippen molar-refractivity contribution in [2.24, 2.45) is 0 Å². The van der Waals surface area contributed by atoms with Crippen LogP contribution < -0.4 is 0 Å². The maximum Gasteiger partial charge on any atom is 0.338 e. The van der Waals surface area contributed by atoms with E-state index in [2.05, 4.69) is 4.74 Å². The Morgan fingerprint density at radius 2 is 1.90 bits per heavy atom. The Kier molecular flexibility index (Phi) is 6.47. The molecular formula is C13H16O7S. The van der Waals surface area contributed by atoms with E-state index in [1.807, 2.05) is 0 Å². The average molecular weight is 316 g/mol. The van der Waals surface area contributed by atoms with Gasteiger partial charge in [0.25, 0.3) is 0 Å². The quantitative estimate of drug-likeness (QED) is 0.478. The number of carbonyl (C=O) groups is 3. The van der Waals surface area contributed by atoms with Crippen molar-refractivity contribution in [2.45, 2.75) is 32.0 Å². The Morgan fingerprint density at radius 3 is 2.48 bits per heavy atom. The molecule has 0 spiro atoms. The third-order valence-corrected chi connectivity index (χ3v) is 3.78. The summed E-state index contributed by atoms with van der Waals surface area (Å²) in [7, 11) is 0. The molecule has 0 aliphatic heterocycles. The fourth-order valence-electron chi connectivity index (χ4n) is 1.52. The molecule has 0 radical (unpaired) electrons. The molecule has 0 saturated heterocycles. The van der Waals surface area contributed by atoms with Crippen LogP contribution in [0.25, 0.3) is 0 Å². The summed E-state index contributed by atoms with van der Waals surface area (Å²) in [5.74, 6) is -2.39. The molecule has 21 heavy (non-hydrogen) atoms. The third kappa shape index (κ3) is 4.92. The van der Waals surface area contributed by atoms with Gasteiger partial charge in [0.05, 0.1) is 17.9 Å². The summed E-state index contributed by atoms with van der Waals surface area (Å²) >= 11 is 0.904. The molecule has 7 nitrogen and oxygen atoms in total. The molecule has 0 saturated carbocycles. The number of aliphatic carboxylic acids is 1. The standard InChI is InChI=1S/C13H16O7S/c1-2-20-13(19)12(18)11(17)9-5-4-8(21-9)7(14)3-6-10(15)16/h4-5,11-12,17-18H,2-3,6H2,1H3,(H,15,16). The van der Waals surface area contributed by atoms with Gasteiger partial charge in [-0.15, -0.1) is 11.3 Å². The number of rotatable bonds is 8. The Bertz CT molecular complexity index is 522. The fraction of sp³-hybridized carbons (Fsp3) is 0.462. The van der Waals surface area contributed by atoms with Gasteiger partial charge in [0, 0.05) is 11.3 Å². The Balaban J connectivity index is 2.71. The highest BCUT2D eigenvalue weighted by Crippen LogP contribution is 2.27. The lowest BCUT2D eigenvalue weighted by Gasteiger charge is -2.14. The number of ketones is 1. The number of hydrogen-bond acceptors (Lipinski definition) is 7. The summed E-state index contributed by atoms with van der Waals surface area (Å²) < 4.78 is 4.59. The number of carboxylic acids is 1. The Labute approximate surface area is 124 Å². The number of carbonyl (C=O) groups excluding carboxylic acids is 2. The van der Waals surface area contributed by atoms with Gasteiger partial charge in [-0.25, -0.2) is 4.79 Å². The minimum Gasteiger partial charge on any atom is -0.481 e. The van der Waals surface area contributed by atoms with Gasteiger partial charge in [-0.2, -0.15) is 0 Å². The molecule has 116 valence electrons. The highest BCUT2D eigenvalue weighted by atomic mass is 32.1. The normalized spacial score (nSPS) is 13.5. The maximum atomic E-state index is 11.7. The third-order valence-electron chi connectivity index (χ3n) is 2.59. The number of esters is 1. The van der Waals surface area contributed by atoms with Crippen LogP contribution >= 0.6 is 11.3 Å². The number of aliphatic hydroxyl groups excluding tert-OH is 2. The predicted molar refractivity (Wildman–Crippen MR) is 73.1 cm³/mol. The lowest BCUT2D eigenvalue weighted by molar-refractivity contribution is -0.159. The van der Waals surface area contributed by atoms with E-state index in [9.17, 15) is 24.6 Å². The summed E-state index contributed by atoms with van der Waals surface area (Å²) in [6.45, 7) is 1.65. The molecule has 8 heteroatoms. The zero-order valence-electron chi connectivity index (χ0n) is 11.3. The van der Waals surface area contributed by atoms with Crippen LogP contribution in [0.3, 0.4) is 0 Å². The van der Waals surface area contributed by atoms with Gasteiger partial charge in [0.15, 0.2) is 11.9 Å². The van der Waals surface area contributed by atoms with Gasteiger partial charge < -0.3 is 20.1 Å². The first-order valence-corrected chi connectivity index (χ1v) is 7.06. The summed E-state index contributed by atoms with van der Waals surface area (Å²) in [5, 5.41) is 28.0. The van der Waals surface area contributed by atoms with E-state index in [1.54, 1.807) is 6.92 Å². The average Bonchev–Trinajstić information content (AvgIpc) is 2.93. The number of Topliss-reactive ketones (excluding diaryl/α,β-unsaturated/α-hetero) is 1. The fourth-order valence-corrected chi connectivity index (χ4v) is 2.51. The van der Waals surface area contributed by atoms with Crippen LogP contribution in [0.15, 0.2) is 12.1 Å². The molecule has 2 atom stereocenters. The monoisotopic (exact) mass is 316 g/mol. The van der Waals surface area contributed by atoms with Crippen molar-refractivity contribution in [3.8, 4) is 0 Å². The van der Waals surface area contributed by atoms with Gasteiger partial charge in [-0.05, 0) is 19.1 Å². The maximum absolute atomic E-state index is 11.7. The van der Waals surface area contributed by atoms with Crippen LogP contribution in [0.1, 0.15) is 40.4 Å². The largest absolute Gasteiger partial charge is 0.481 e. The zero-order valence-corrected chi connectivity index (χ0v) is 12.1. The molecule has 2 unspecified atom stereocenters. The van der Waals surface area contributed by atoms with Crippen LogP contribution in [-0.4, -0.2) is 45.8 Å². The van der Waals surface area contributed by atoms with Crippen molar-refractivity contribution < 1.29 is 34.4 Å². The van der Waals surface area contributed by atoms with E-state index in [1.165, 1.54) is 12.1 Å². The molecule has 1 heterocycles. The van der Waals surface area contributed by atoms with Crippen molar-refractivity contribution in [1.82, 2.24) is 0 Å². The van der Waals surface area contributed by atoms with Crippen molar-refractivity contribution >= 4 is 29.1 Å². The molecular weight excluding hydrogens is 300 g/mol. The van der Waals surface area contributed by atoms with Crippen LogP contribution in [0.5, 0.6) is 0 Å². The SMILES string of the molecule is CCOC(=O)C(O)C(O)c1ccc(C(=O)CCC(=O)O)s1. The topological polar surface area (TPSA) is 121 Å². The molecule has 1 aromatic heterocycles. The zero-order chi connectivity index (χ0) is 16.0. The predicted octanol–water partition coefficient (Wildman–Crippen LogP) is 0.753. The van der Waals surface area contributed by atoms with E-state index >= 15 is 0 Å². The van der Waals surface area contributed by atoms with E-state index in [0.29, 0.717) is 0 Å². The van der Waals surface area contributed by atoms with Gasteiger partial charge in [-0.3, -0.25) is 9.59 Å². The van der Waals surface area contributed by atoms with Crippen molar-refractivity contribution in [1.29, 1.82) is 0 Å². The van der Waals surface area contributed by atoms with Crippen molar-refractivity contribution in [2.75, 3.05) is 6.61 Å². The van der Waals surface area contributed by atoms with E-state index < -0.39 is 24.1 Å². The van der Waals surface area contributed by atoms with Crippen molar-refractivity contribution in [3.05, 3.63) is 21.9 Å². The van der Waals surface area contributed by atoms with Crippen LogP contribution in [0, 0.1) is 0 Å². The summed E-state index contributed by atoms with van der Waals surface area (Å²) in [6, 6.07) is 2.83. The Morgan fingerprint density at radius 1 is 1.24 bits per heavy atom. The first-order chi connectivity index (χ1) is 9.86. The number of hydrogen-bond donors (Lipinski definition) is 3. The first-order valence-electron chi connectivity index (χ1n) is 6.24. The highest BCUT2D eigenvalue weighted by molar-refractivity contribution is 7.14. The summed E-state index contributed by atoms with van der Waals surface area (Å²) in [4.78, 5) is 33.9. The molecule has 0 bridgehead atoms. The summed E-state index contributed by atoms with van der Waals surface area (Å²) in [6.07, 6.45) is -3.65. The van der Waals surface area contributed by atoms with E-state index in [4.69, 9.17) is 5.11 Å². The minimum atomic E-state index is -1.73. The number of ether oxygens (including phenoxy) is 1. The van der Waals surface area contributed by atoms with Gasteiger partial charge in [-0.1, -0.05) is 0 Å². The second kappa shape index (κ2) is 7.87. The van der Waals surface area contributed by atoms with Gasteiger partial charge >= 0.3 is 11.9 Å². The van der Waals surface area contributed by atoms with Gasteiger partial charge in [0.1, 0.15) is 6.10 Å². The highest BCUT2D eigenvalue weighted by Gasteiger charge is 2.28. The Hall–Kier alpha value is -1.77. The molecule has 1 rings (SSSR count). The first kappa shape index (κ1) is 17.3. The van der Waals surface area contributed by atoms with Gasteiger partial charge in [0.2, 0.25) is 0 Å². The van der Waals surface area contributed by atoms with Crippen LogP contribution in [0.2, 0.25) is 0 Å². The number of carboxylic acid groups (broad SMARTS) is 1. The smallest absolute Gasteiger partial charge is 0.338 e. The summed E-state index contributed by atoms with van der Waals surface area (Å²) in [5.41, 5.74) is 0. The molecule has 0 aromatic carbocycles. The van der Waals surface area contributed by atoms with Crippen LogP contribution in [0.4, 0.5) is 0 Å². The molecule has 0 aliphatic carbocycles. The molecule has 0 fully saturated rings. The lowest BCUT2D eigenvalue weighted by Crippen LogP contribution is -2.29. The molecule has 0 aliphatic rings. The van der Waals surface area contributed by atoms with E-state index in [0.717, 1.165) is 11.3 Å². The molecule has 0 amide bonds. The second-order valence-electron chi connectivity index (χ2n) is 4.16.